The third kappa shape index (κ3) is 1.84. The Bertz CT molecular complexity index is 166. The second-order valence-corrected chi connectivity index (χ2v) is 4.06. The van der Waals surface area contributed by atoms with E-state index in [1.165, 1.54) is 21.1 Å². The van der Waals surface area contributed by atoms with Crippen LogP contribution in [0.5, 0.6) is 0 Å². The van der Waals surface area contributed by atoms with Gasteiger partial charge in [-0.15, -0.1) is 0 Å². The van der Waals surface area contributed by atoms with Gasteiger partial charge in [0.2, 0.25) is 0 Å². The van der Waals surface area contributed by atoms with Gasteiger partial charge in [0.25, 0.3) is 0 Å². The Morgan fingerprint density at radius 3 is 2.00 bits per heavy atom. The molecule has 1 N–H and O–H groups in total. The standard InChI is InChI=1S/C5H11O4P/c1-5(4-6)10(7,8-2)9-3/h4,6H,1-3H3. The number of rotatable bonds is 3. The van der Waals surface area contributed by atoms with E-state index in [2.05, 4.69) is 9.05 Å². The fourth-order valence-electron chi connectivity index (χ4n) is 0.433. The van der Waals surface area contributed by atoms with Gasteiger partial charge in [0.15, 0.2) is 0 Å². The zero-order chi connectivity index (χ0) is 8.20. The molecule has 0 saturated carbocycles. The van der Waals surface area contributed by atoms with Crippen LogP contribution >= 0.6 is 7.60 Å². The van der Waals surface area contributed by atoms with E-state index < -0.39 is 7.60 Å². The summed E-state index contributed by atoms with van der Waals surface area (Å²) in [6.45, 7) is 1.47. The van der Waals surface area contributed by atoms with E-state index >= 15 is 0 Å². The first-order chi connectivity index (χ1) is 4.60. The van der Waals surface area contributed by atoms with Crippen LogP contribution in [0.3, 0.4) is 0 Å². The summed E-state index contributed by atoms with van der Waals surface area (Å²) in [5.74, 6) is 0. The highest BCUT2D eigenvalue weighted by molar-refractivity contribution is 7.58. The quantitative estimate of drug-likeness (QED) is 0.513. The third-order valence-electron chi connectivity index (χ3n) is 1.10. The Kier molecular flexibility index (Phi) is 3.64. The largest absolute Gasteiger partial charge is 0.515 e. The second kappa shape index (κ2) is 3.76. The molecule has 0 aromatic carbocycles. The monoisotopic (exact) mass is 166 g/mol. The molecule has 10 heavy (non-hydrogen) atoms. The van der Waals surface area contributed by atoms with Gasteiger partial charge in [0.05, 0.1) is 11.6 Å². The topological polar surface area (TPSA) is 55.8 Å². The molecule has 0 radical (unpaired) electrons. The van der Waals surface area contributed by atoms with Crippen LogP contribution < -0.4 is 0 Å². The summed E-state index contributed by atoms with van der Waals surface area (Å²) in [4.78, 5) is 0. The van der Waals surface area contributed by atoms with Crippen molar-refractivity contribution in [3.8, 4) is 0 Å². The maximum atomic E-state index is 11.2. The molecule has 4 nitrogen and oxygen atoms in total. The summed E-state index contributed by atoms with van der Waals surface area (Å²) >= 11 is 0. The number of hydrogen-bond acceptors (Lipinski definition) is 4. The second-order valence-electron chi connectivity index (χ2n) is 1.63. The van der Waals surface area contributed by atoms with Crippen molar-refractivity contribution in [3.05, 3.63) is 11.6 Å². The Hall–Kier alpha value is -0.310. The molecule has 60 valence electrons. The highest BCUT2D eigenvalue weighted by Crippen LogP contribution is 2.53. The summed E-state index contributed by atoms with van der Waals surface area (Å²) in [6, 6.07) is 0. The summed E-state index contributed by atoms with van der Waals surface area (Å²) < 4.78 is 20.3. The zero-order valence-electron chi connectivity index (χ0n) is 6.20. The van der Waals surface area contributed by atoms with Crippen LogP contribution in [-0.4, -0.2) is 19.3 Å². The molecule has 0 heterocycles. The summed E-state index contributed by atoms with van der Waals surface area (Å²) in [6.07, 6.45) is 0.716. The first-order valence-corrected chi connectivity index (χ1v) is 4.18. The van der Waals surface area contributed by atoms with E-state index in [9.17, 15) is 4.57 Å². The highest BCUT2D eigenvalue weighted by Gasteiger charge is 2.23. The Balaban J connectivity index is 4.50. The summed E-state index contributed by atoms with van der Waals surface area (Å²) in [5.41, 5.74) is 0. The fourth-order valence-corrected chi connectivity index (χ4v) is 1.30. The van der Waals surface area contributed by atoms with Crippen molar-refractivity contribution in [3.63, 3.8) is 0 Å². The average Bonchev–Trinajstić information content (AvgIpc) is 2.01. The van der Waals surface area contributed by atoms with Crippen molar-refractivity contribution in [1.82, 2.24) is 0 Å². The van der Waals surface area contributed by atoms with Gasteiger partial charge in [-0.05, 0) is 6.92 Å². The van der Waals surface area contributed by atoms with Gasteiger partial charge in [0.1, 0.15) is 0 Å². The molecule has 0 saturated heterocycles. The Morgan fingerprint density at radius 1 is 1.50 bits per heavy atom. The van der Waals surface area contributed by atoms with Gasteiger partial charge in [-0.3, -0.25) is 4.57 Å². The summed E-state index contributed by atoms with van der Waals surface area (Å²) in [5, 5.41) is 8.63. The van der Waals surface area contributed by atoms with Crippen molar-refractivity contribution < 1.29 is 18.7 Å². The lowest BCUT2D eigenvalue weighted by Gasteiger charge is -2.11. The molecule has 0 fully saturated rings. The zero-order valence-corrected chi connectivity index (χ0v) is 7.09. The minimum Gasteiger partial charge on any atom is -0.515 e. The van der Waals surface area contributed by atoms with Crippen molar-refractivity contribution in [2.75, 3.05) is 14.2 Å². The van der Waals surface area contributed by atoms with E-state index in [0.717, 1.165) is 0 Å². The van der Waals surface area contributed by atoms with Crippen molar-refractivity contribution in [2.24, 2.45) is 0 Å². The molecule has 0 aliphatic carbocycles. The Morgan fingerprint density at radius 2 is 1.90 bits per heavy atom. The molecule has 0 amide bonds. The molecule has 0 aromatic heterocycles. The van der Waals surface area contributed by atoms with E-state index in [1.54, 1.807) is 0 Å². The lowest BCUT2D eigenvalue weighted by molar-refractivity contribution is 0.281. The molecule has 0 aromatic rings. The van der Waals surface area contributed by atoms with Crippen LogP contribution in [0.15, 0.2) is 11.6 Å². The molecule has 0 aliphatic rings. The SMILES string of the molecule is COP(=O)(OC)C(C)=CO. The molecule has 0 atom stereocenters. The van der Waals surface area contributed by atoms with Crippen molar-refractivity contribution >= 4 is 7.60 Å². The van der Waals surface area contributed by atoms with Crippen LogP contribution in [0.25, 0.3) is 0 Å². The third-order valence-corrected chi connectivity index (χ3v) is 3.04. The molecular formula is C5H11O4P. The predicted molar refractivity (Wildman–Crippen MR) is 38.0 cm³/mol. The van der Waals surface area contributed by atoms with Gasteiger partial charge < -0.3 is 14.2 Å². The number of hydrogen-bond donors (Lipinski definition) is 1. The fraction of sp³-hybridized carbons (Fsp3) is 0.600. The van der Waals surface area contributed by atoms with E-state index in [-0.39, 0.29) is 5.31 Å². The maximum Gasteiger partial charge on any atom is 0.359 e. The van der Waals surface area contributed by atoms with Gasteiger partial charge in [-0.1, -0.05) is 0 Å². The summed E-state index contributed by atoms with van der Waals surface area (Å²) in [7, 11) is -0.639. The van der Waals surface area contributed by atoms with Crippen molar-refractivity contribution in [2.45, 2.75) is 6.92 Å². The Labute approximate surface area is 60.0 Å². The van der Waals surface area contributed by atoms with Crippen LogP contribution in [0.4, 0.5) is 0 Å². The molecule has 0 rings (SSSR count). The first-order valence-electron chi connectivity index (χ1n) is 2.63. The normalized spacial score (nSPS) is 13.7. The molecule has 0 bridgehead atoms. The van der Waals surface area contributed by atoms with E-state index in [1.807, 2.05) is 0 Å². The maximum absolute atomic E-state index is 11.2. The highest BCUT2D eigenvalue weighted by atomic mass is 31.2. The lowest BCUT2D eigenvalue weighted by Crippen LogP contribution is -1.89. The van der Waals surface area contributed by atoms with Crippen LogP contribution in [0.1, 0.15) is 6.92 Å². The average molecular weight is 166 g/mol. The van der Waals surface area contributed by atoms with Crippen LogP contribution in [0, 0.1) is 0 Å². The molecule has 0 spiro atoms. The van der Waals surface area contributed by atoms with E-state index in [0.29, 0.717) is 6.26 Å². The lowest BCUT2D eigenvalue weighted by atomic mass is 10.7. The molecule has 0 aliphatic heterocycles. The smallest absolute Gasteiger partial charge is 0.359 e. The van der Waals surface area contributed by atoms with Crippen LogP contribution in [-0.2, 0) is 13.6 Å². The molecule has 0 unspecified atom stereocenters. The van der Waals surface area contributed by atoms with Gasteiger partial charge in [-0.25, -0.2) is 0 Å². The van der Waals surface area contributed by atoms with Gasteiger partial charge in [0, 0.05) is 14.2 Å². The van der Waals surface area contributed by atoms with Crippen LogP contribution in [0.2, 0.25) is 0 Å². The van der Waals surface area contributed by atoms with Crippen molar-refractivity contribution in [1.29, 1.82) is 0 Å². The number of allylic oxidation sites excluding steroid dienone is 1. The predicted octanol–water partition coefficient (Wildman–Crippen LogP) is 1.89. The van der Waals surface area contributed by atoms with Gasteiger partial charge in [-0.2, -0.15) is 0 Å². The number of aliphatic hydroxyl groups excluding tert-OH is 1. The van der Waals surface area contributed by atoms with Gasteiger partial charge >= 0.3 is 7.60 Å². The minimum absolute atomic E-state index is 0.192. The first kappa shape index (κ1) is 9.69. The minimum atomic E-state index is -3.16. The van der Waals surface area contributed by atoms with E-state index in [4.69, 9.17) is 5.11 Å². The molecular weight excluding hydrogens is 155 g/mol. The number of aliphatic hydroxyl groups is 1. The molecule has 5 heteroatoms.